The first-order valence-corrected chi connectivity index (χ1v) is 10.3. The van der Waals surface area contributed by atoms with Crippen LogP contribution in [-0.2, 0) is 0 Å². The molecule has 3 heterocycles. The second-order valence-electron chi connectivity index (χ2n) is 9.40. The molecular weight excluding hydrogens is 336 g/mol. The minimum Gasteiger partial charge on any atom is -0.339 e. The van der Waals surface area contributed by atoms with Crippen LogP contribution < -0.4 is 4.90 Å². The lowest BCUT2D eigenvalue weighted by Crippen LogP contribution is -2.38. The van der Waals surface area contributed by atoms with Crippen LogP contribution in [0.25, 0.3) is 5.69 Å². The second kappa shape index (κ2) is 7.58. The first-order valence-electron chi connectivity index (χ1n) is 10.3. The summed E-state index contributed by atoms with van der Waals surface area (Å²) in [6.45, 7) is 12.9. The van der Waals surface area contributed by atoms with Gasteiger partial charge in [-0.2, -0.15) is 4.68 Å². The number of benzene rings is 1. The lowest BCUT2D eigenvalue weighted by molar-refractivity contribution is 0.203. The van der Waals surface area contributed by atoms with Crippen molar-refractivity contribution in [2.75, 3.05) is 37.6 Å². The van der Waals surface area contributed by atoms with Crippen LogP contribution in [0.3, 0.4) is 0 Å². The number of hydrogen-bond acceptors (Lipinski definition) is 5. The van der Waals surface area contributed by atoms with Crippen molar-refractivity contribution in [3.05, 3.63) is 30.3 Å². The number of rotatable bonds is 4. The van der Waals surface area contributed by atoms with Crippen LogP contribution in [0.5, 0.6) is 0 Å². The molecule has 27 heavy (non-hydrogen) atoms. The Labute approximate surface area is 162 Å². The van der Waals surface area contributed by atoms with Gasteiger partial charge in [-0.1, -0.05) is 44.1 Å². The Morgan fingerprint density at radius 3 is 2.37 bits per heavy atom. The highest BCUT2D eigenvalue weighted by molar-refractivity contribution is 5.40. The Morgan fingerprint density at radius 1 is 0.963 bits per heavy atom. The van der Waals surface area contributed by atoms with Crippen LogP contribution in [0, 0.1) is 17.3 Å². The minimum absolute atomic E-state index is 0.396. The molecule has 1 aromatic heterocycles. The minimum atomic E-state index is 0.396. The van der Waals surface area contributed by atoms with E-state index in [0.717, 1.165) is 36.6 Å². The van der Waals surface area contributed by atoms with Crippen LogP contribution in [0.1, 0.15) is 40.0 Å². The van der Waals surface area contributed by atoms with Gasteiger partial charge in [-0.3, -0.25) is 0 Å². The van der Waals surface area contributed by atoms with Crippen molar-refractivity contribution in [3.63, 3.8) is 0 Å². The maximum absolute atomic E-state index is 4.31. The molecule has 6 nitrogen and oxygen atoms in total. The van der Waals surface area contributed by atoms with E-state index in [0.29, 0.717) is 5.41 Å². The van der Waals surface area contributed by atoms with E-state index in [1.807, 2.05) is 22.9 Å². The molecular formula is C21H32N6. The summed E-state index contributed by atoms with van der Waals surface area (Å²) < 4.78 is 1.86. The topological polar surface area (TPSA) is 50.1 Å². The smallest absolute Gasteiger partial charge is 0.250 e. The molecule has 0 saturated carbocycles. The zero-order valence-electron chi connectivity index (χ0n) is 16.9. The fourth-order valence-corrected chi connectivity index (χ4v) is 4.75. The molecule has 0 amide bonds. The van der Waals surface area contributed by atoms with Gasteiger partial charge in [0.1, 0.15) is 0 Å². The van der Waals surface area contributed by atoms with E-state index < -0.39 is 0 Å². The number of para-hydroxylation sites is 1. The quantitative estimate of drug-likeness (QED) is 0.829. The van der Waals surface area contributed by atoms with Gasteiger partial charge in [0.05, 0.1) is 5.69 Å². The third-order valence-electron chi connectivity index (χ3n) is 5.95. The van der Waals surface area contributed by atoms with E-state index >= 15 is 0 Å². The van der Waals surface area contributed by atoms with E-state index in [1.165, 1.54) is 38.9 Å². The van der Waals surface area contributed by atoms with Gasteiger partial charge in [0.25, 0.3) is 0 Å². The SMILES string of the molecule is CC(C)(C)CN1CC[C@@H](C2CCN(c3nnnn3-c3ccccc3)CC2)C1. The zero-order valence-corrected chi connectivity index (χ0v) is 16.9. The van der Waals surface area contributed by atoms with Crippen LogP contribution >= 0.6 is 0 Å². The summed E-state index contributed by atoms with van der Waals surface area (Å²) in [6.07, 6.45) is 3.86. The van der Waals surface area contributed by atoms with Crippen LogP contribution in [-0.4, -0.2) is 57.8 Å². The molecule has 1 atom stereocenters. The predicted octanol–water partition coefficient (Wildman–Crippen LogP) is 3.25. The number of piperidine rings is 1. The average molecular weight is 369 g/mol. The summed E-state index contributed by atoms with van der Waals surface area (Å²) in [7, 11) is 0. The predicted molar refractivity (Wildman–Crippen MR) is 108 cm³/mol. The monoisotopic (exact) mass is 368 g/mol. The normalized spacial score (nSPS) is 22.5. The standard InChI is InChI=1S/C21H32N6/c1-21(2,3)16-25-12-9-18(15-25)17-10-13-26(14-11-17)20-22-23-24-27(20)19-7-5-4-6-8-19/h4-8,17-18H,9-16H2,1-3H3/t18-/m1/s1. The van der Waals surface area contributed by atoms with E-state index in [4.69, 9.17) is 0 Å². The number of nitrogens with zero attached hydrogens (tertiary/aromatic N) is 6. The Balaban J connectivity index is 1.35. The van der Waals surface area contributed by atoms with Gasteiger partial charge in [0.2, 0.25) is 5.95 Å². The average Bonchev–Trinajstić information content (AvgIpc) is 3.31. The molecule has 2 fully saturated rings. The zero-order chi connectivity index (χ0) is 18.9. The lowest BCUT2D eigenvalue weighted by Gasteiger charge is -2.35. The molecule has 2 aliphatic heterocycles. The van der Waals surface area contributed by atoms with Crippen molar-refractivity contribution in [2.45, 2.75) is 40.0 Å². The van der Waals surface area contributed by atoms with Gasteiger partial charge < -0.3 is 9.80 Å². The summed E-state index contributed by atoms with van der Waals surface area (Å²) in [6, 6.07) is 10.2. The van der Waals surface area contributed by atoms with Crippen molar-refractivity contribution in [2.24, 2.45) is 17.3 Å². The fourth-order valence-electron chi connectivity index (χ4n) is 4.75. The van der Waals surface area contributed by atoms with E-state index in [9.17, 15) is 0 Å². The van der Waals surface area contributed by atoms with Crippen LogP contribution in [0.15, 0.2) is 30.3 Å². The molecule has 0 spiro atoms. The fraction of sp³-hybridized carbons (Fsp3) is 0.667. The summed E-state index contributed by atoms with van der Waals surface area (Å²) in [5, 5.41) is 12.4. The van der Waals surface area contributed by atoms with Crippen molar-refractivity contribution in [1.82, 2.24) is 25.1 Å². The highest BCUT2D eigenvalue weighted by Crippen LogP contribution is 2.34. The molecule has 0 unspecified atom stereocenters. The van der Waals surface area contributed by atoms with Gasteiger partial charge in [0, 0.05) is 26.2 Å². The van der Waals surface area contributed by atoms with Crippen molar-refractivity contribution in [1.29, 1.82) is 0 Å². The van der Waals surface area contributed by atoms with Crippen molar-refractivity contribution in [3.8, 4) is 5.69 Å². The number of aromatic nitrogens is 4. The van der Waals surface area contributed by atoms with E-state index in [2.05, 4.69) is 58.2 Å². The molecule has 146 valence electrons. The summed E-state index contributed by atoms with van der Waals surface area (Å²) in [4.78, 5) is 5.03. The third kappa shape index (κ3) is 4.32. The maximum Gasteiger partial charge on any atom is 0.250 e. The molecule has 0 N–H and O–H groups in total. The van der Waals surface area contributed by atoms with Crippen molar-refractivity contribution < 1.29 is 0 Å². The van der Waals surface area contributed by atoms with E-state index in [-0.39, 0.29) is 0 Å². The molecule has 0 bridgehead atoms. The molecule has 2 aliphatic rings. The van der Waals surface area contributed by atoms with Crippen LogP contribution in [0.4, 0.5) is 5.95 Å². The van der Waals surface area contributed by atoms with Crippen LogP contribution in [0.2, 0.25) is 0 Å². The highest BCUT2D eigenvalue weighted by atomic mass is 15.6. The molecule has 2 saturated heterocycles. The Morgan fingerprint density at radius 2 is 1.67 bits per heavy atom. The van der Waals surface area contributed by atoms with E-state index in [1.54, 1.807) is 0 Å². The number of hydrogen-bond donors (Lipinski definition) is 0. The Hall–Kier alpha value is -1.95. The molecule has 2 aromatic rings. The molecule has 0 aliphatic carbocycles. The number of tetrazole rings is 1. The third-order valence-corrected chi connectivity index (χ3v) is 5.95. The van der Waals surface area contributed by atoms with Crippen molar-refractivity contribution >= 4 is 5.95 Å². The van der Waals surface area contributed by atoms with Gasteiger partial charge in [-0.15, -0.1) is 0 Å². The number of anilines is 1. The Kier molecular flexibility index (Phi) is 5.17. The second-order valence-corrected chi connectivity index (χ2v) is 9.40. The summed E-state index contributed by atoms with van der Waals surface area (Å²) in [5.74, 6) is 2.58. The summed E-state index contributed by atoms with van der Waals surface area (Å²) in [5.41, 5.74) is 1.42. The lowest BCUT2D eigenvalue weighted by atomic mass is 9.84. The maximum atomic E-state index is 4.31. The van der Waals surface area contributed by atoms with Gasteiger partial charge in [-0.25, -0.2) is 0 Å². The number of likely N-dealkylation sites (tertiary alicyclic amines) is 1. The molecule has 1 aromatic carbocycles. The highest BCUT2D eigenvalue weighted by Gasteiger charge is 2.34. The van der Waals surface area contributed by atoms with Gasteiger partial charge in [0.15, 0.2) is 0 Å². The first kappa shape index (κ1) is 18.4. The molecule has 0 radical (unpaired) electrons. The van der Waals surface area contributed by atoms with Gasteiger partial charge in [-0.05, 0) is 65.6 Å². The summed E-state index contributed by atoms with van der Waals surface area (Å²) >= 11 is 0. The molecule has 6 heteroatoms. The van der Waals surface area contributed by atoms with Gasteiger partial charge >= 0.3 is 0 Å². The Bertz CT molecular complexity index is 727. The molecule has 4 rings (SSSR count). The first-order chi connectivity index (χ1) is 13.0. The largest absolute Gasteiger partial charge is 0.339 e.